The highest BCUT2D eigenvalue weighted by Gasteiger charge is 2.09. The summed E-state index contributed by atoms with van der Waals surface area (Å²) in [6, 6.07) is 6.26. The fourth-order valence-corrected chi connectivity index (χ4v) is 2.75. The van der Waals surface area contributed by atoms with Crippen molar-refractivity contribution in [3.8, 4) is 0 Å². The second-order valence-electron chi connectivity index (χ2n) is 5.17. The summed E-state index contributed by atoms with van der Waals surface area (Å²) >= 11 is 6.20. The fourth-order valence-electron chi connectivity index (χ4n) is 2.45. The zero-order valence-corrected chi connectivity index (χ0v) is 12.0. The van der Waals surface area contributed by atoms with Gasteiger partial charge in [0, 0.05) is 11.6 Å². The van der Waals surface area contributed by atoms with Crippen molar-refractivity contribution < 1.29 is 0 Å². The molecule has 1 N–H and O–H groups in total. The Labute approximate surface area is 115 Å². The van der Waals surface area contributed by atoms with Gasteiger partial charge in [-0.2, -0.15) is 0 Å². The minimum absolute atomic E-state index is 0.874. The Balaban J connectivity index is 1.62. The van der Waals surface area contributed by atoms with Crippen molar-refractivity contribution in [3.63, 3.8) is 0 Å². The summed E-state index contributed by atoms with van der Waals surface area (Å²) < 4.78 is 0. The molecule has 0 aliphatic carbocycles. The number of halogens is 1. The molecule has 2 rings (SSSR count). The quantitative estimate of drug-likeness (QED) is 0.796. The van der Waals surface area contributed by atoms with Crippen LogP contribution in [0.2, 0.25) is 5.02 Å². The van der Waals surface area contributed by atoms with Crippen LogP contribution in [0.5, 0.6) is 0 Å². The third-order valence-electron chi connectivity index (χ3n) is 3.55. The topological polar surface area (TPSA) is 15.3 Å². The first-order valence-corrected chi connectivity index (χ1v) is 7.31. The molecule has 1 heterocycles. The highest BCUT2D eigenvalue weighted by molar-refractivity contribution is 6.31. The molecule has 1 aromatic rings. The molecule has 0 atom stereocenters. The highest BCUT2D eigenvalue weighted by atomic mass is 35.5. The maximum absolute atomic E-state index is 6.20. The van der Waals surface area contributed by atoms with Crippen LogP contribution in [0.3, 0.4) is 0 Å². The van der Waals surface area contributed by atoms with E-state index >= 15 is 0 Å². The molecule has 1 saturated heterocycles. The summed E-state index contributed by atoms with van der Waals surface area (Å²) in [7, 11) is 0. The van der Waals surface area contributed by atoms with Gasteiger partial charge in [-0.3, -0.25) is 0 Å². The molecule has 2 nitrogen and oxygen atoms in total. The molecule has 0 radical (unpaired) electrons. The molecule has 0 aromatic heterocycles. The van der Waals surface area contributed by atoms with Crippen LogP contribution in [0.1, 0.15) is 30.4 Å². The van der Waals surface area contributed by atoms with E-state index in [0.717, 1.165) is 18.1 Å². The van der Waals surface area contributed by atoms with Crippen molar-refractivity contribution in [2.45, 2.75) is 32.7 Å². The van der Waals surface area contributed by atoms with Gasteiger partial charge >= 0.3 is 0 Å². The molecular weight excluding hydrogens is 244 g/mol. The maximum Gasteiger partial charge on any atom is 0.0453 e. The van der Waals surface area contributed by atoms with Crippen LogP contribution in [0, 0.1) is 6.92 Å². The van der Waals surface area contributed by atoms with Crippen molar-refractivity contribution in [2.75, 3.05) is 26.2 Å². The number of nitrogens with zero attached hydrogens (tertiary/aromatic N) is 1. The molecule has 0 bridgehead atoms. The number of rotatable bonds is 6. The molecule has 3 heteroatoms. The van der Waals surface area contributed by atoms with Crippen LogP contribution in [-0.4, -0.2) is 31.1 Å². The van der Waals surface area contributed by atoms with E-state index in [1.807, 2.05) is 6.07 Å². The van der Waals surface area contributed by atoms with Gasteiger partial charge in [0.15, 0.2) is 0 Å². The van der Waals surface area contributed by atoms with Crippen LogP contribution in [0.15, 0.2) is 18.2 Å². The zero-order chi connectivity index (χ0) is 12.8. The number of benzene rings is 1. The van der Waals surface area contributed by atoms with Gasteiger partial charge in [0.1, 0.15) is 0 Å². The second kappa shape index (κ2) is 7.13. The first-order chi connectivity index (χ1) is 8.75. The minimum Gasteiger partial charge on any atom is -0.313 e. The Kier molecular flexibility index (Phi) is 5.48. The van der Waals surface area contributed by atoms with E-state index < -0.39 is 0 Å². The molecule has 0 amide bonds. The second-order valence-corrected chi connectivity index (χ2v) is 5.58. The van der Waals surface area contributed by atoms with E-state index in [1.165, 1.54) is 50.0 Å². The van der Waals surface area contributed by atoms with E-state index in [-0.39, 0.29) is 0 Å². The smallest absolute Gasteiger partial charge is 0.0453 e. The van der Waals surface area contributed by atoms with E-state index in [0.29, 0.717) is 0 Å². The van der Waals surface area contributed by atoms with Gasteiger partial charge in [-0.1, -0.05) is 23.7 Å². The molecule has 1 aromatic carbocycles. The molecule has 1 aliphatic rings. The fraction of sp³-hybridized carbons (Fsp3) is 0.600. The van der Waals surface area contributed by atoms with Gasteiger partial charge in [-0.05, 0) is 69.6 Å². The maximum atomic E-state index is 6.20. The summed E-state index contributed by atoms with van der Waals surface area (Å²) in [5.74, 6) is 0. The Morgan fingerprint density at radius 2 is 2.06 bits per heavy atom. The molecule has 0 unspecified atom stereocenters. The molecule has 18 heavy (non-hydrogen) atoms. The molecule has 1 aliphatic heterocycles. The lowest BCUT2D eigenvalue weighted by Crippen LogP contribution is -2.24. The van der Waals surface area contributed by atoms with Gasteiger partial charge in [0.05, 0.1) is 0 Å². The summed E-state index contributed by atoms with van der Waals surface area (Å²) in [4.78, 5) is 2.56. The van der Waals surface area contributed by atoms with Crippen LogP contribution in [0.4, 0.5) is 0 Å². The van der Waals surface area contributed by atoms with Crippen LogP contribution in [0.25, 0.3) is 0 Å². The van der Waals surface area contributed by atoms with Crippen molar-refractivity contribution in [1.82, 2.24) is 10.2 Å². The van der Waals surface area contributed by atoms with Gasteiger partial charge < -0.3 is 10.2 Å². The Bertz CT molecular complexity index is 373. The largest absolute Gasteiger partial charge is 0.313 e. The van der Waals surface area contributed by atoms with E-state index in [4.69, 9.17) is 11.6 Å². The van der Waals surface area contributed by atoms with E-state index in [2.05, 4.69) is 29.3 Å². The van der Waals surface area contributed by atoms with Gasteiger partial charge in [0.25, 0.3) is 0 Å². The minimum atomic E-state index is 0.874. The first kappa shape index (κ1) is 13.9. The summed E-state index contributed by atoms with van der Waals surface area (Å²) in [5.41, 5.74) is 2.42. The third-order valence-corrected chi connectivity index (χ3v) is 3.90. The lowest BCUT2D eigenvalue weighted by Gasteiger charge is -2.14. The molecule has 1 fully saturated rings. The first-order valence-electron chi connectivity index (χ1n) is 6.94. The average Bonchev–Trinajstić information content (AvgIpc) is 2.84. The average molecular weight is 267 g/mol. The number of hydrogen-bond donors (Lipinski definition) is 1. The number of hydrogen-bond acceptors (Lipinski definition) is 2. The van der Waals surface area contributed by atoms with Gasteiger partial charge in [-0.15, -0.1) is 0 Å². The Hall–Kier alpha value is -0.570. The Morgan fingerprint density at radius 1 is 1.28 bits per heavy atom. The molecule has 100 valence electrons. The van der Waals surface area contributed by atoms with Gasteiger partial charge in [-0.25, -0.2) is 0 Å². The van der Waals surface area contributed by atoms with Crippen molar-refractivity contribution in [3.05, 3.63) is 34.3 Å². The lowest BCUT2D eigenvalue weighted by atomic mass is 10.1. The van der Waals surface area contributed by atoms with E-state index in [1.54, 1.807) is 0 Å². The summed E-state index contributed by atoms with van der Waals surface area (Å²) in [5, 5.41) is 4.35. The number of likely N-dealkylation sites (tertiary alicyclic amines) is 1. The van der Waals surface area contributed by atoms with E-state index in [9.17, 15) is 0 Å². The third kappa shape index (κ3) is 4.27. The van der Waals surface area contributed by atoms with Crippen LogP contribution >= 0.6 is 11.6 Å². The molecular formula is C15H23ClN2. The van der Waals surface area contributed by atoms with Gasteiger partial charge in [0.2, 0.25) is 0 Å². The summed E-state index contributed by atoms with van der Waals surface area (Å²) in [6.07, 6.45) is 3.99. The lowest BCUT2D eigenvalue weighted by molar-refractivity contribution is 0.331. The Morgan fingerprint density at radius 3 is 2.78 bits per heavy atom. The predicted molar refractivity (Wildman–Crippen MR) is 78.2 cm³/mol. The summed E-state index contributed by atoms with van der Waals surface area (Å²) in [6.45, 7) is 7.83. The highest BCUT2D eigenvalue weighted by Crippen LogP contribution is 2.17. The number of nitrogens with one attached hydrogen (secondary N) is 1. The van der Waals surface area contributed by atoms with Crippen molar-refractivity contribution in [2.24, 2.45) is 0 Å². The monoisotopic (exact) mass is 266 g/mol. The standard InChI is InChI=1S/C15H23ClN2/c1-13-5-6-14(15(16)11-13)12-17-7-4-10-18-8-2-3-9-18/h5-6,11,17H,2-4,7-10,12H2,1H3. The van der Waals surface area contributed by atoms with Crippen molar-refractivity contribution in [1.29, 1.82) is 0 Å². The van der Waals surface area contributed by atoms with Crippen molar-refractivity contribution >= 4 is 11.6 Å². The SMILES string of the molecule is Cc1ccc(CNCCCN2CCCC2)c(Cl)c1. The molecule has 0 spiro atoms. The predicted octanol–water partition coefficient (Wildman–Crippen LogP) is 3.22. The number of aryl methyl sites for hydroxylation is 1. The van der Waals surface area contributed by atoms with Crippen LogP contribution < -0.4 is 5.32 Å². The normalized spacial score (nSPS) is 16.3. The zero-order valence-electron chi connectivity index (χ0n) is 11.2. The molecule has 0 saturated carbocycles. The van der Waals surface area contributed by atoms with Crippen LogP contribution in [-0.2, 0) is 6.54 Å².